The van der Waals surface area contributed by atoms with E-state index in [9.17, 15) is 4.79 Å². The number of aryl methyl sites for hydroxylation is 2. The van der Waals surface area contributed by atoms with Crippen molar-refractivity contribution in [2.75, 3.05) is 5.32 Å². The zero-order valence-corrected chi connectivity index (χ0v) is 15.2. The van der Waals surface area contributed by atoms with Crippen molar-refractivity contribution in [1.29, 1.82) is 0 Å². The van der Waals surface area contributed by atoms with Crippen molar-refractivity contribution < 1.29 is 9.21 Å². The number of amides is 1. The standard InChI is InChI=1S/C16H13Cl2N3O2S/c1-3-14-20-21-16(24-14)19-15(22)10-7-13(23-8(10)2)11-6-9(17)4-5-12(11)18/h4-7H,3H2,1-2H3,(H,19,21,22). The summed E-state index contributed by atoms with van der Waals surface area (Å²) < 4.78 is 5.69. The lowest BCUT2D eigenvalue weighted by Crippen LogP contribution is -2.11. The average molecular weight is 382 g/mol. The number of rotatable bonds is 4. The van der Waals surface area contributed by atoms with Gasteiger partial charge >= 0.3 is 0 Å². The molecule has 1 aromatic carbocycles. The van der Waals surface area contributed by atoms with Crippen molar-refractivity contribution in [3.8, 4) is 11.3 Å². The number of benzene rings is 1. The quantitative estimate of drug-likeness (QED) is 0.671. The molecule has 0 aliphatic rings. The molecule has 1 amide bonds. The fraction of sp³-hybridized carbons (Fsp3) is 0.188. The van der Waals surface area contributed by atoms with E-state index in [1.54, 1.807) is 31.2 Å². The first-order valence-electron chi connectivity index (χ1n) is 7.17. The number of halogens is 2. The largest absolute Gasteiger partial charge is 0.460 e. The van der Waals surface area contributed by atoms with E-state index < -0.39 is 0 Å². The molecule has 3 rings (SSSR count). The van der Waals surface area contributed by atoms with Crippen LogP contribution < -0.4 is 5.32 Å². The van der Waals surface area contributed by atoms with Crippen LogP contribution in [0.5, 0.6) is 0 Å². The summed E-state index contributed by atoms with van der Waals surface area (Å²) in [6.45, 7) is 3.70. The Morgan fingerprint density at radius 2 is 2.08 bits per heavy atom. The molecule has 2 aromatic heterocycles. The van der Waals surface area contributed by atoms with E-state index in [0.717, 1.165) is 11.4 Å². The molecule has 0 bridgehead atoms. The maximum absolute atomic E-state index is 12.4. The van der Waals surface area contributed by atoms with Crippen molar-refractivity contribution in [2.45, 2.75) is 20.3 Å². The maximum atomic E-state index is 12.4. The first-order valence-corrected chi connectivity index (χ1v) is 8.74. The van der Waals surface area contributed by atoms with Gasteiger partial charge < -0.3 is 4.42 Å². The van der Waals surface area contributed by atoms with Crippen LogP contribution in [0.25, 0.3) is 11.3 Å². The minimum absolute atomic E-state index is 0.306. The molecule has 0 saturated carbocycles. The van der Waals surface area contributed by atoms with Crippen LogP contribution in [-0.2, 0) is 6.42 Å². The van der Waals surface area contributed by atoms with Gasteiger partial charge in [-0.15, -0.1) is 10.2 Å². The second kappa shape index (κ2) is 6.93. The van der Waals surface area contributed by atoms with Crippen LogP contribution in [-0.4, -0.2) is 16.1 Å². The Morgan fingerprint density at radius 3 is 2.79 bits per heavy atom. The molecular formula is C16H13Cl2N3O2S. The predicted molar refractivity (Wildman–Crippen MR) is 96.1 cm³/mol. The highest BCUT2D eigenvalue weighted by molar-refractivity contribution is 7.15. The molecule has 5 nitrogen and oxygen atoms in total. The molecule has 2 heterocycles. The number of carbonyl (C=O) groups excluding carboxylic acids is 1. The number of nitrogens with zero attached hydrogens (tertiary/aromatic N) is 2. The van der Waals surface area contributed by atoms with E-state index in [1.807, 2.05) is 6.92 Å². The van der Waals surface area contributed by atoms with Gasteiger partial charge in [0.05, 0.1) is 10.6 Å². The first-order chi connectivity index (χ1) is 11.5. The summed E-state index contributed by atoms with van der Waals surface area (Å²) in [5, 5.41) is 13.0. The topological polar surface area (TPSA) is 68.0 Å². The lowest BCUT2D eigenvalue weighted by molar-refractivity contribution is 0.102. The third kappa shape index (κ3) is 3.45. The fourth-order valence-electron chi connectivity index (χ4n) is 2.14. The molecule has 0 spiro atoms. The van der Waals surface area contributed by atoms with E-state index in [4.69, 9.17) is 27.6 Å². The van der Waals surface area contributed by atoms with E-state index in [1.165, 1.54) is 11.3 Å². The van der Waals surface area contributed by atoms with Gasteiger partial charge in [0.1, 0.15) is 16.5 Å². The van der Waals surface area contributed by atoms with Gasteiger partial charge in [-0.25, -0.2) is 0 Å². The molecule has 0 atom stereocenters. The molecule has 8 heteroatoms. The van der Waals surface area contributed by atoms with Gasteiger partial charge in [-0.3, -0.25) is 10.1 Å². The van der Waals surface area contributed by atoms with Crippen LogP contribution >= 0.6 is 34.5 Å². The molecule has 0 fully saturated rings. The van der Waals surface area contributed by atoms with Crippen LogP contribution in [0.1, 0.15) is 28.0 Å². The van der Waals surface area contributed by atoms with Gasteiger partial charge in [-0.2, -0.15) is 0 Å². The molecule has 0 aliphatic heterocycles. The van der Waals surface area contributed by atoms with Crippen molar-refractivity contribution in [2.24, 2.45) is 0 Å². The SMILES string of the molecule is CCc1nnc(NC(=O)c2cc(-c3cc(Cl)ccc3Cl)oc2C)s1. The van der Waals surface area contributed by atoms with Crippen LogP contribution in [0.2, 0.25) is 10.0 Å². The normalized spacial score (nSPS) is 10.8. The highest BCUT2D eigenvalue weighted by Gasteiger charge is 2.19. The Hall–Kier alpha value is -1.89. The minimum Gasteiger partial charge on any atom is -0.460 e. The Labute approximate surface area is 152 Å². The van der Waals surface area contributed by atoms with E-state index in [2.05, 4.69) is 15.5 Å². The van der Waals surface area contributed by atoms with E-state index in [-0.39, 0.29) is 5.91 Å². The minimum atomic E-state index is -0.306. The Bertz CT molecular complexity index is 905. The molecule has 24 heavy (non-hydrogen) atoms. The monoisotopic (exact) mass is 381 g/mol. The van der Waals surface area contributed by atoms with Gasteiger partial charge in [0.15, 0.2) is 0 Å². The summed E-state index contributed by atoms with van der Waals surface area (Å²) in [4.78, 5) is 12.4. The summed E-state index contributed by atoms with van der Waals surface area (Å²) in [7, 11) is 0. The summed E-state index contributed by atoms with van der Waals surface area (Å²) in [6, 6.07) is 6.72. The van der Waals surface area contributed by atoms with Gasteiger partial charge in [-0.05, 0) is 37.6 Å². The zero-order valence-electron chi connectivity index (χ0n) is 12.9. The van der Waals surface area contributed by atoms with E-state index in [0.29, 0.717) is 37.8 Å². The lowest BCUT2D eigenvalue weighted by atomic mass is 10.1. The van der Waals surface area contributed by atoms with Gasteiger partial charge in [-0.1, -0.05) is 41.5 Å². The predicted octanol–water partition coefficient (Wildman–Crippen LogP) is 5.23. The second-order valence-electron chi connectivity index (χ2n) is 5.01. The van der Waals surface area contributed by atoms with Crippen LogP contribution in [0, 0.1) is 6.92 Å². The lowest BCUT2D eigenvalue weighted by Gasteiger charge is -2.00. The number of anilines is 1. The number of carbonyl (C=O) groups is 1. The summed E-state index contributed by atoms with van der Waals surface area (Å²) in [6.07, 6.45) is 0.774. The third-order valence-electron chi connectivity index (χ3n) is 3.35. The second-order valence-corrected chi connectivity index (χ2v) is 6.92. The molecular weight excluding hydrogens is 369 g/mol. The third-order valence-corrected chi connectivity index (χ3v) is 4.89. The number of furan rings is 1. The van der Waals surface area contributed by atoms with Crippen molar-refractivity contribution in [3.05, 3.63) is 50.6 Å². The summed E-state index contributed by atoms with van der Waals surface area (Å²) >= 11 is 13.5. The van der Waals surface area contributed by atoms with Crippen molar-refractivity contribution >= 4 is 45.6 Å². The Morgan fingerprint density at radius 1 is 1.29 bits per heavy atom. The van der Waals surface area contributed by atoms with Gasteiger partial charge in [0.2, 0.25) is 5.13 Å². The Balaban J connectivity index is 1.88. The zero-order chi connectivity index (χ0) is 17.3. The molecule has 0 saturated heterocycles. The van der Waals surface area contributed by atoms with Crippen LogP contribution in [0.4, 0.5) is 5.13 Å². The van der Waals surface area contributed by atoms with E-state index >= 15 is 0 Å². The number of hydrogen-bond acceptors (Lipinski definition) is 5. The fourth-order valence-corrected chi connectivity index (χ4v) is 3.20. The molecule has 124 valence electrons. The maximum Gasteiger partial charge on any atom is 0.261 e. The summed E-state index contributed by atoms with van der Waals surface area (Å²) in [5.41, 5.74) is 1.05. The molecule has 0 aliphatic carbocycles. The molecule has 1 N–H and O–H groups in total. The highest BCUT2D eigenvalue weighted by atomic mass is 35.5. The van der Waals surface area contributed by atoms with Crippen LogP contribution in [0.15, 0.2) is 28.7 Å². The number of aromatic nitrogens is 2. The number of nitrogens with one attached hydrogen (secondary N) is 1. The smallest absolute Gasteiger partial charge is 0.261 e. The first kappa shape index (κ1) is 17.0. The molecule has 0 radical (unpaired) electrons. The molecule has 3 aromatic rings. The van der Waals surface area contributed by atoms with Crippen molar-refractivity contribution in [1.82, 2.24) is 10.2 Å². The average Bonchev–Trinajstić information content (AvgIpc) is 3.16. The highest BCUT2D eigenvalue weighted by Crippen LogP contribution is 2.33. The van der Waals surface area contributed by atoms with Gasteiger partial charge in [0, 0.05) is 10.6 Å². The summed E-state index contributed by atoms with van der Waals surface area (Å²) in [5.74, 6) is 0.662. The Kier molecular flexibility index (Phi) is 4.89. The molecule has 0 unspecified atom stereocenters. The van der Waals surface area contributed by atoms with Crippen molar-refractivity contribution in [3.63, 3.8) is 0 Å². The van der Waals surface area contributed by atoms with Crippen LogP contribution in [0.3, 0.4) is 0 Å². The van der Waals surface area contributed by atoms with Gasteiger partial charge in [0.25, 0.3) is 5.91 Å². The number of hydrogen-bond donors (Lipinski definition) is 1.